The van der Waals surface area contributed by atoms with Crippen LogP contribution in [0.3, 0.4) is 0 Å². The summed E-state index contributed by atoms with van der Waals surface area (Å²) in [4.78, 5) is 20.1. The predicted octanol–water partition coefficient (Wildman–Crippen LogP) is 3.94. The minimum atomic E-state index is -0.0586. The lowest BCUT2D eigenvalue weighted by molar-refractivity contribution is 0.103. The Bertz CT molecular complexity index is 1220. The van der Waals surface area contributed by atoms with Crippen LogP contribution in [0.4, 0.5) is 0 Å². The zero-order valence-electron chi connectivity index (χ0n) is 16.5. The van der Waals surface area contributed by atoms with E-state index in [-0.39, 0.29) is 5.78 Å². The molecule has 0 atom stereocenters. The van der Waals surface area contributed by atoms with Crippen LogP contribution < -0.4 is 5.84 Å². The first-order valence-electron chi connectivity index (χ1n) is 10.1. The molecule has 146 valence electrons. The summed E-state index contributed by atoms with van der Waals surface area (Å²) in [6.45, 7) is 2.17. The molecular weight excluding hydrogens is 360 g/mol. The zero-order valence-corrected chi connectivity index (χ0v) is 16.5. The van der Waals surface area contributed by atoms with Crippen LogP contribution in [0, 0.1) is 0 Å². The molecule has 0 radical (unpaired) electrons. The van der Waals surface area contributed by atoms with Crippen LogP contribution >= 0.6 is 0 Å². The molecule has 5 nitrogen and oxygen atoms in total. The number of nitrogens with two attached hydrogens (primary N) is 1. The van der Waals surface area contributed by atoms with Crippen LogP contribution in [0.1, 0.15) is 40.4 Å². The Labute approximate surface area is 169 Å². The molecule has 29 heavy (non-hydrogen) atoms. The maximum absolute atomic E-state index is 13.2. The van der Waals surface area contributed by atoms with E-state index in [0.29, 0.717) is 17.2 Å². The summed E-state index contributed by atoms with van der Waals surface area (Å²) in [5.74, 6) is 6.64. The number of nitrogen functional groups attached to an aromatic ring is 1. The smallest absolute Gasteiger partial charge is 0.211 e. The number of rotatable bonds is 3. The second kappa shape index (κ2) is 7.01. The first-order valence-corrected chi connectivity index (χ1v) is 10.1. The van der Waals surface area contributed by atoms with E-state index < -0.39 is 0 Å². The number of piperidine rings is 1. The molecule has 0 bridgehead atoms. The maximum Gasteiger partial charge on any atom is 0.211 e. The second-order valence-electron chi connectivity index (χ2n) is 8.02. The lowest BCUT2D eigenvalue weighted by atomic mass is 9.89. The highest BCUT2D eigenvalue weighted by Crippen LogP contribution is 2.34. The molecule has 0 saturated carbocycles. The third-order valence-electron chi connectivity index (χ3n) is 6.12. The number of likely N-dealkylation sites (tertiary alicyclic amines) is 1. The van der Waals surface area contributed by atoms with Crippen molar-refractivity contribution in [2.75, 3.05) is 26.0 Å². The highest BCUT2D eigenvalue weighted by atomic mass is 16.1. The van der Waals surface area contributed by atoms with Gasteiger partial charge in [0.15, 0.2) is 0 Å². The average Bonchev–Trinajstić information content (AvgIpc) is 3.09. The fourth-order valence-corrected chi connectivity index (χ4v) is 4.41. The van der Waals surface area contributed by atoms with Crippen LogP contribution in [0.2, 0.25) is 0 Å². The number of fused-ring (bicyclic) bond motifs is 2. The number of hydrogen-bond donors (Lipinski definition) is 1. The number of carbonyl (C=O) groups excluding carboxylic acids is 1. The largest absolute Gasteiger partial charge is 0.339 e. The number of carbonyl (C=O) groups is 1. The average molecular weight is 384 g/mol. The molecule has 1 fully saturated rings. The van der Waals surface area contributed by atoms with Crippen LogP contribution in [0.15, 0.2) is 60.8 Å². The van der Waals surface area contributed by atoms with Gasteiger partial charge >= 0.3 is 0 Å². The lowest BCUT2D eigenvalue weighted by Crippen LogP contribution is -2.29. The highest BCUT2D eigenvalue weighted by molar-refractivity contribution is 6.10. The number of benzene rings is 2. The van der Waals surface area contributed by atoms with E-state index >= 15 is 0 Å². The summed E-state index contributed by atoms with van der Waals surface area (Å²) >= 11 is 0. The number of aromatic nitrogens is 2. The third-order valence-corrected chi connectivity index (χ3v) is 6.12. The van der Waals surface area contributed by atoms with Gasteiger partial charge in [-0.15, -0.1) is 0 Å². The van der Waals surface area contributed by atoms with Gasteiger partial charge in [0.1, 0.15) is 5.69 Å². The Morgan fingerprint density at radius 2 is 1.86 bits per heavy atom. The Morgan fingerprint density at radius 3 is 2.69 bits per heavy atom. The number of hydrogen-bond acceptors (Lipinski definition) is 4. The molecule has 3 heterocycles. The Balaban J connectivity index is 1.54. The minimum Gasteiger partial charge on any atom is -0.339 e. The molecule has 0 unspecified atom stereocenters. The van der Waals surface area contributed by atoms with E-state index in [9.17, 15) is 4.79 Å². The van der Waals surface area contributed by atoms with Gasteiger partial charge in [0.2, 0.25) is 5.78 Å². The molecule has 0 aliphatic carbocycles. The normalized spacial score (nSPS) is 15.9. The monoisotopic (exact) mass is 384 g/mol. The number of ketones is 1. The summed E-state index contributed by atoms with van der Waals surface area (Å²) in [6, 6.07) is 17.4. The summed E-state index contributed by atoms with van der Waals surface area (Å²) in [7, 11) is 2.16. The summed E-state index contributed by atoms with van der Waals surface area (Å²) in [5, 5.41) is 2.11. The van der Waals surface area contributed by atoms with Crippen molar-refractivity contribution >= 4 is 27.6 Å². The van der Waals surface area contributed by atoms with Crippen molar-refractivity contribution < 1.29 is 4.79 Å². The van der Waals surface area contributed by atoms with E-state index in [1.165, 1.54) is 5.56 Å². The van der Waals surface area contributed by atoms with E-state index in [0.717, 1.165) is 47.7 Å². The van der Waals surface area contributed by atoms with Crippen molar-refractivity contribution in [3.63, 3.8) is 0 Å². The first kappa shape index (κ1) is 17.9. The number of pyridine rings is 1. The van der Waals surface area contributed by atoms with Crippen LogP contribution in [0.5, 0.6) is 0 Å². The van der Waals surface area contributed by atoms with Gasteiger partial charge in [-0.3, -0.25) is 9.47 Å². The fraction of sp³-hybridized carbons (Fsp3) is 0.250. The molecule has 5 heteroatoms. The SMILES string of the molecule is CN1CCC(c2cn(N)c3ccc(C(=O)c4ccc5ccccc5n4)cc23)CC1. The summed E-state index contributed by atoms with van der Waals surface area (Å²) in [5.41, 5.74) is 4.16. The summed E-state index contributed by atoms with van der Waals surface area (Å²) in [6.07, 6.45) is 4.25. The molecule has 1 aliphatic heterocycles. The van der Waals surface area contributed by atoms with Crippen molar-refractivity contribution in [1.29, 1.82) is 0 Å². The van der Waals surface area contributed by atoms with Gasteiger partial charge in [-0.1, -0.05) is 24.3 Å². The van der Waals surface area contributed by atoms with E-state index in [1.807, 2.05) is 54.7 Å². The van der Waals surface area contributed by atoms with Gasteiger partial charge in [0.25, 0.3) is 0 Å². The predicted molar refractivity (Wildman–Crippen MR) is 117 cm³/mol. The molecule has 1 saturated heterocycles. The van der Waals surface area contributed by atoms with Crippen LogP contribution in [-0.2, 0) is 0 Å². The molecular formula is C24H24N4O. The topological polar surface area (TPSA) is 64.2 Å². The Morgan fingerprint density at radius 1 is 1.07 bits per heavy atom. The quantitative estimate of drug-likeness (QED) is 0.429. The molecule has 2 aromatic carbocycles. The minimum absolute atomic E-state index is 0.0586. The number of nitrogens with zero attached hydrogens (tertiary/aromatic N) is 3. The fourth-order valence-electron chi connectivity index (χ4n) is 4.41. The van der Waals surface area contributed by atoms with Gasteiger partial charge in [0, 0.05) is 22.5 Å². The van der Waals surface area contributed by atoms with Crippen molar-refractivity contribution in [3.8, 4) is 0 Å². The number of para-hydroxylation sites is 1. The molecule has 1 aliphatic rings. The Kier molecular flexibility index (Phi) is 4.32. The van der Waals surface area contributed by atoms with Crippen LogP contribution in [-0.4, -0.2) is 40.5 Å². The molecule has 0 spiro atoms. The van der Waals surface area contributed by atoms with Crippen molar-refractivity contribution in [2.24, 2.45) is 0 Å². The highest BCUT2D eigenvalue weighted by Gasteiger charge is 2.23. The Hall–Kier alpha value is -3.18. The van der Waals surface area contributed by atoms with E-state index in [4.69, 9.17) is 5.84 Å². The zero-order chi connectivity index (χ0) is 20.0. The van der Waals surface area contributed by atoms with Gasteiger partial charge < -0.3 is 10.7 Å². The summed E-state index contributed by atoms with van der Waals surface area (Å²) < 4.78 is 1.69. The van der Waals surface area contributed by atoms with E-state index in [2.05, 4.69) is 16.9 Å². The van der Waals surface area contributed by atoms with Gasteiger partial charge in [0.05, 0.1) is 11.0 Å². The van der Waals surface area contributed by atoms with Crippen LogP contribution in [0.25, 0.3) is 21.8 Å². The maximum atomic E-state index is 13.2. The van der Waals surface area contributed by atoms with Crippen molar-refractivity contribution in [1.82, 2.24) is 14.6 Å². The molecule has 4 aromatic rings. The second-order valence-corrected chi connectivity index (χ2v) is 8.02. The molecule has 5 rings (SSSR count). The van der Waals surface area contributed by atoms with Gasteiger partial charge in [-0.2, -0.15) is 0 Å². The van der Waals surface area contributed by atoms with Crippen molar-refractivity contribution in [3.05, 3.63) is 77.6 Å². The van der Waals surface area contributed by atoms with Gasteiger partial charge in [-0.25, -0.2) is 4.98 Å². The standard InChI is InChI=1S/C24H24N4O/c1-27-12-10-16(11-13-27)20-15-28(25)23-9-7-18(14-19(20)23)24(29)22-8-6-17-4-2-3-5-21(17)26-22/h2-9,14-16H,10-13,25H2,1H3. The third kappa shape index (κ3) is 3.17. The molecule has 2 N–H and O–H groups in total. The lowest BCUT2D eigenvalue weighted by Gasteiger charge is -2.28. The molecule has 0 amide bonds. The molecule has 2 aromatic heterocycles. The van der Waals surface area contributed by atoms with Crippen molar-refractivity contribution in [2.45, 2.75) is 18.8 Å². The van der Waals surface area contributed by atoms with Gasteiger partial charge in [-0.05, 0) is 74.8 Å². The van der Waals surface area contributed by atoms with E-state index in [1.54, 1.807) is 10.7 Å². The first-order chi connectivity index (χ1) is 14.1.